The average Bonchev–Trinajstić information content (AvgIpc) is 3.36. The Hall–Kier alpha value is -2.90. The number of anilines is 1. The fourth-order valence-electron chi connectivity index (χ4n) is 3.80. The molecule has 0 spiro atoms. The normalized spacial score (nSPS) is 20.8. The number of piperidine rings is 1. The number of aromatic nitrogens is 3. The minimum Gasteiger partial charge on any atom is -0.479 e. The molecule has 0 radical (unpaired) electrons. The van der Waals surface area contributed by atoms with E-state index < -0.39 is 28.0 Å². The van der Waals surface area contributed by atoms with Crippen LogP contribution in [0.3, 0.4) is 0 Å². The average molecular weight is 475 g/mol. The van der Waals surface area contributed by atoms with Crippen LogP contribution in [-0.4, -0.2) is 72.4 Å². The van der Waals surface area contributed by atoms with Gasteiger partial charge in [-0.3, -0.25) is 4.79 Å². The van der Waals surface area contributed by atoms with Crippen LogP contribution < -0.4 is 9.64 Å². The highest BCUT2D eigenvalue weighted by Crippen LogP contribution is 2.30. The van der Waals surface area contributed by atoms with Crippen molar-refractivity contribution in [2.75, 3.05) is 30.8 Å². The smallest absolute Gasteiger partial charge is 0.471 e. The number of sulfone groups is 1. The summed E-state index contributed by atoms with van der Waals surface area (Å²) in [6.07, 6.45) is -1.53. The molecule has 1 amide bonds. The van der Waals surface area contributed by atoms with Crippen LogP contribution in [0.2, 0.25) is 0 Å². The second-order valence-electron chi connectivity index (χ2n) is 7.65. The van der Waals surface area contributed by atoms with E-state index in [1.807, 2.05) is 0 Å². The standard InChI is InChI=1S/C18H20F3N5O5S/c1-32(28,29)14-3-2-12(10-22-14)30-13-6-9-26(15(13)27)11-4-7-25(8-5-11)17-23-16(31-24-17)18(19,20)21/h2-3,10-11,13H,4-9H2,1H3. The maximum Gasteiger partial charge on any atom is 0.471 e. The molecule has 14 heteroatoms. The molecule has 4 heterocycles. The van der Waals surface area contributed by atoms with Crippen molar-refractivity contribution in [3.05, 3.63) is 24.2 Å². The van der Waals surface area contributed by atoms with Gasteiger partial charge in [0.05, 0.1) is 6.20 Å². The summed E-state index contributed by atoms with van der Waals surface area (Å²) in [6, 6.07) is 2.70. The maximum absolute atomic E-state index is 12.8. The summed E-state index contributed by atoms with van der Waals surface area (Å²) in [5.41, 5.74) is 0. The van der Waals surface area contributed by atoms with Crippen LogP contribution in [0, 0.1) is 0 Å². The molecule has 0 saturated carbocycles. The zero-order valence-electron chi connectivity index (χ0n) is 16.9. The van der Waals surface area contributed by atoms with Gasteiger partial charge in [-0.2, -0.15) is 18.2 Å². The zero-order chi connectivity index (χ0) is 23.1. The number of amides is 1. The fourth-order valence-corrected chi connectivity index (χ4v) is 4.36. The van der Waals surface area contributed by atoms with Crippen molar-refractivity contribution >= 4 is 21.7 Å². The summed E-state index contributed by atoms with van der Waals surface area (Å²) in [7, 11) is -3.43. The molecule has 32 heavy (non-hydrogen) atoms. The van der Waals surface area contributed by atoms with Crippen molar-refractivity contribution in [3.63, 3.8) is 0 Å². The second-order valence-corrected chi connectivity index (χ2v) is 9.61. The van der Waals surface area contributed by atoms with Crippen LogP contribution in [0.15, 0.2) is 27.9 Å². The third-order valence-corrected chi connectivity index (χ3v) is 6.41. The van der Waals surface area contributed by atoms with Crippen LogP contribution >= 0.6 is 0 Å². The quantitative estimate of drug-likeness (QED) is 0.634. The van der Waals surface area contributed by atoms with Gasteiger partial charge >= 0.3 is 12.1 Å². The molecule has 0 aliphatic carbocycles. The van der Waals surface area contributed by atoms with E-state index in [9.17, 15) is 26.4 Å². The lowest BCUT2D eigenvalue weighted by Gasteiger charge is -2.36. The zero-order valence-corrected chi connectivity index (χ0v) is 17.8. The summed E-state index contributed by atoms with van der Waals surface area (Å²) in [6.45, 7) is 1.25. The van der Waals surface area contributed by atoms with Gasteiger partial charge < -0.3 is 19.1 Å². The van der Waals surface area contributed by atoms with E-state index in [-0.39, 0.29) is 22.9 Å². The highest BCUT2D eigenvalue weighted by atomic mass is 32.2. The van der Waals surface area contributed by atoms with Crippen molar-refractivity contribution in [3.8, 4) is 5.75 Å². The summed E-state index contributed by atoms with van der Waals surface area (Å²) >= 11 is 0. The number of halogens is 3. The first-order valence-corrected chi connectivity index (χ1v) is 11.7. The van der Waals surface area contributed by atoms with Crippen LogP contribution in [0.25, 0.3) is 0 Å². The van der Waals surface area contributed by atoms with Gasteiger partial charge in [0.2, 0.25) is 0 Å². The van der Waals surface area contributed by atoms with E-state index in [4.69, 9.17) is 4.74 Å². The highest BCUT2D eigenvalue weighted by Gasteiger charge is 2.41. The lowest BCUT2D eigenvalue weighted by Crippen LogP contribution is -2.47. The molecular formula is C18H20F3N5O5S. The molecule has 2 aliphatic heterocycles. The predicted molar refractivity (Wildman–Crippen MR) is 103 cm³/mol. The first-order valence-electron chi connectivity index (χ1n) is 9.81. The van der Waals surface area contributed by atoms with Crippen molar-refractivity contribution < 1.29 is 35.6 Å². The summed E-state index contributed by atoms with van der Waals surface area (Å²) in [5.74, 6) is -1.39. The molecule has 2 fully saturated rings. The molecule has 1 atom stereocenters. The first kappa shape index (κ1) is 22.3. The number of ether oxygens (including phenoxy) is 1. The Balaban J connectivity index is 1.32. The molecule has 0 N–H and O–H groups in total. The van der Waals surface area contributed by atoms with Gasteiger partial charge in [-0.05, 0) is 30.1 Å². The van der Waals surface area contributed by atoms with E-state index >= 15 is 0 Å². The molecule has 1 unspecified atom stereocenters. The van der Waals surface area contributed by atoms with Crippen molar-refractivity contribution in [2.45, 2.75) is 42.6 Å². The van der Waals surface area contributed by atoms with Gasteiger partial charge in [0.25, 0.3) is 11.9 Å². The Labute approximate surface area is 181 Å². The number of nitrogens with zero attached hydrogens (tertiary/aromatic N) is 5. The number of pyridine rings is 1. The van der Waals surface area contributed by atoms with Crippen molar-refractivity contribution in [2.24, 2.45) is 0 Å². The van der Waals surface area contributed by atoms with E-state index in [1.54, 1.807) is 9.80 Å². The number of hydrogen-bond donors (Lipinski definition) is 0. The molecule has 2 aliphatic rings. The third kappa shape index (κ3) is 4.64. The van der Waals surface area contributed by atoms with E-state index in [1.165, 1.54) is 18.3 Å². The van der Waals surface area contributed by atoms with Crippen LogP contribution in [0.1, 0.15) is 25.2 Å². The maximum atomic E-state index is 12.8. The lowest BCUT2D eigenvalue weighted by molar-refractivity contribution is -0.159. The Bertz CT molecular complexity index is 1080. The molecule has 2 aromatic rings. The number of carbonyl (C=O) groups excluding carboxylic acids is 1. The SMILES string of the molecule is CS(=O)(=O)c1ccc(OC2CCN(C3CCN(c4noc(C(F)(F)F)n4)CC3)C2=O)cn1. The largest absolute Gasteiger partial charge is 0.479 e. The highest BCUT2D eigenvalue weighted by molar-refractivity contribution is 7.90. The molecule has 2 saturated heterocycles. The molecule has 0 bridgehead atoms. The third-order valence-electron chi connectivity index (χ3n) is 5.40. The van der Waals surface area contributed by atoms with Gasteiger partial charge in [-0.15, -0.1) is 0 Å². The van der Waals surface area contributed by atoms with Gasteiger partial charge in [0.15, 0.2) is 21.0 Å². The first-order chi connectivity index (χ1) is 15.0. The molecule has 0 aromatic carbocycles. The summed E-state index contributed by atoms with van der Waals surface area (Å²) in [4.78, 5) is 23.4. The number of hydrogen-bond acceptors (Lipinski definition) is 9. The molecule has 2 aromatic heterocycles. The number of carbonyl (C=O) groups is 1. The topological polar surface area (TPSA) is 119 Å². The van der Waals surface area contributed by atoms with E-state index in [0.717, 1.165) is 6.26 Å². The van der Waals surface area contributed by atoms with Gasteiger partial charge in [0, 0.05) is 38.4 Å². The fraction of sp³-hybridized carbons (Fsp3) is 0.556. The van der Waals surface area contributed by atoms with Crippen molar-refractivity contribution in [1.29, 1.82) is 0 Å². The Morgan fingerprint density at radius 3 is 2.44 bits per heavy atom. The Morgan fingerprint density at radius 1 is 1.16 bits per heavy atom. The monoisotopic (exact) mass is 475 g/mol. The molecule has 4 rings (SSSR count). The second kappa shape index (κ2) is 8.22. The summed E-state index contributed by atoms with van der Waals surface area (Å²) in [5, 5.41) is 3.32. The number of likely N-dealkylation sites (tertiary alicyclic amines) is 1. The number of alkyl halides is 3. The van der Waals surface area contributed by atoms with Gasteiger partial charge in [-0.25, -0.2) is 13.4 Å². The van der Waals surface area contributed by atoms with E-state index in [0.29, 0.717) is 44.6 Å². The van der Waals surface area contributed by atoms with Crippen LogP contribution in [0.5, 0.6) is 5.75 Å². The molecule has 174 valence electrons. The number of rotatable bonds is 5. The van der Waals surface area contributed by atoms with Crippen LogP contribution in [-0.2, 0) is 20.8 Å². The minimum absolute atomic E-state index is 0.0768. The lowest BCUT2D eigenvalue weighted by atomic mass is 10.0. The Kier molecular flexibility index (Phi) is 5.73. The van der Waals surface area contributed by atoms with Gasteiger partial charge in [0.1, 0.15) is 5.75 Å². The molecule has 10 nitrogen and oxygen atoms in total. The predicted octanol–water partition coefficient (Wildman–Crippen LogP) is 1.54. The minimum atomic E-state index is -4.69. The van der Waals surface area contributed by atoms with Crippen molar-refractivity contribution in [1.82, 2.24) is 20.0 Å². The molecular weight excluding hydrogens is 455 g/mol. The summed E-state index contributed by atoms with van der Waals surface area (Å²) < 4.78 is 70.9. The Morgan fingerprint density at radius 2 is 1.88 bits per heavy atom. The van der Waals surface area contributed by atoms with Crippen LogP contribution in [0.4, 0.5) is 19.1 Å². The van der Waals surface area contributed by atoms with E-state index in [2.05, 4.69) is 19.6 Å². The van der Waals surface area contributed by atoms with Gasteiger partial charge in [-0.1, -0.05) is 0 Å².